The molecule has 0 aliphatic heterocycles. The van der Waals surface area contributed by atoms with Gasteiger partial charge in [-0.25, -0.2) is 0 Å². The average molecular weight is 645 g/mol. The van der Waals surface area contributed by atoms with Gasteiger partial charge in [-0.2, -0.15) is 0 Å². The first-order valence-corrected chi connectivity index (χ1v) is 16.2. The molecule has 0 unspecified atom stereocenters. The molecule has 0 heterocycles. The van der Waals surface area contributed by atoms with Crippen LogP contribution in [0.2, 0.25) is 0 Å². The zero-order chi connectivity index (χ0) is 33.6. The van der Waals surface area contributed by atoms with Crippen LogP contribution < -0.4 is 41.9 Å². The lowest BCUT2D eigenvalue weighted by molar-refractivity contribution is 0.455. The minimum atomic E-state index is 0.739. The first kappa shape index (κ1) is 33.6. The average Bonchev–Trinajstić information content (AvgIpc) is 3.12. The van der Waals surface area contributed by atoms with Crippen molar-refractivity contribution in [3.05, 3.63) is 144 Å². The number of nitrogen functional groups attached to an aromatic ring is 4. The minimum absolute atomic E-state index is 0.739. The third-order valence-corrected chi connectivity index (χ3v) is 8.04. The lowest BCUT2D eigenvalue weighted by atomic mass is 9.92. The second-order valence-electron chi connectivity index (χ2n) is 11.9. The van der Waals surface area contributed by atoms with Crippen LogP contribution in [0.4, 0.5) is 22.7 Å². The summed E-state index contributed by atoms with van der Waals surface area (Å²) in [4.78, 5) is 0. The normalized spacial score (nSPS) is 14.2. The van der Waals surface area contributed by atoms with Gasteiger partial charge in [0.1, 0.15) is 23.0 Å². The summed E-state index contributed by atoms with van der Waals surface area (Å²) in [5.41, 5.74) is 30.9. The van der Waals surface area contributed by atoms with Gasteiger partial charge in [0, 0.05) is 22.7 Å². The maximum atomic E-state index is 5.70. The fourth-order valence-corrected chi connectivity index (χ4v) is 5.05. The molecule has 6 rings (SSSR count). The summed E-state index contributed by atoms with van der Waals surface area (Å²) >= 11 is 0. The predicted molar refractivity (Wildman–Crippen MR) is 195 cm³/mol. The van der Waals surface area contributed by atoms with Gasteiger partial charge in [-0.05, 0) is 171 Å². The van der Waals surface area contributed by atoms with Gasteiger partial charge in [0.05, 0.1) is 25.0 Å². The van der Waals surface area contributed by atoms with Crippen LogP contribution in [0.1, 0.15) is 51.4 Å². The molecule has 2 saturated carbocycles. The van der Waals surface area contributed by atoms with Crippen LogP contribution in [0.5, 0.6) is 23.0 Å². The zero-order valence-corrected chi connectivity index (χ0v) is 27.1. The summed E-state index contributed by atoms with van der Waals surface area (Å²) in [7, 11) is 0. The van der Waals surface area contributed by atoms with Crippen molar-refractivity contribution in [2.45, 2.75) is 51.4 Å². The van der Waals surface area contributed by atoms with Crippen molar-refractivity contribution < 1.29 is 18.9 Å². The summed E-state index contributed by atoms with van der Waals surface area (Å²) in [6.45, 7) is 0. The minimum Gasteiger partial charge on any atom is -0.465 e. The summed E-state index contributed by atoms with van der Waals surface area (Å²) in [6.07, 6.45) is 15.4. The van der Waals surface area contributed by atoms with E-state index in [4.69, 9.17) is 41.9 Å². The van der Waals surface area contributed by atoms with Crippen LogP contribution in [0.25, 0.3) is 0 Å². The van der Waals surface area contributed by atoms with Crippen LogP contribution in [0.3, 0.4) is 0 Å². The molecule has 0 atom stereocenters. The van der Waals surface area contributed by atoms with Crippen LogP contribution in [-0.4, -0.2) is 0 Å². The van der Waals surface area contributed by atoms with Gasteiger partial charge in [0.15, 0.2) is 0 Å². The Morgan fingerprint density at radius 3 is 0.625 bits per heavy atom. The second kappa shape index (κ2) is 17.2. The van der Waals surface area contributed by atoms with Gasteiger partial charge in [-0.1, -0.05) is 0 Å². The van der Waals surface area contributed by atoms with Crippen molar-refractivity contribution >= 4 is 22.7 Å². The number of ether oxygens (including phenoxy) is 4. The zero-order valence-electron chi connectivity index (χ0n) is 27.1. The molecular formula is C40H44N4O4. The number of hydrogen-bond donors (Lipinski definition) is 4. The molecule has 0 saturated heterocycles. The number of benzene rings is 4. The molecule has 2 aliphatic carbocycles. The first-order valence-electron chi connectivity index (χ1n) is 16.2. The van der Waals surface area contributed by atoms with Gasteiger partial charge < -0.3 is 41.9 Å². The Kier molecular flexibility index (Phi) is 12.1. The van der Waals surface area contributed by atoms with Gasteiger partial charge in [0.2, 0.25) is 0 Å². The van der Waals surface area contributed by atoms with E-state index in [0.717, 1.165) is 97.1 Å². The van der Waals surface area contributed by atoms with Crippen molar-refractivity contribution in [1.82, 2.24) is 0 Å². The molecule has 0 aromatic heterocycles. The highest BCUT2D eigenvalue weighted by atomic mass is 16.5. The van der Waals surface area contributed by atoms with E-state index in [9.17, 15) is 0 Å². The summed E-state index contributed by atoms with van der Waals surface area (Å²) in [5, 5.41) is 0. The molecule has 48 heavy (non-hydrogen) atoms. The fourth-order valence-electron chi connectivity index (χ4n) is 5.05. The number of hydrogen-bond acceptors (Lipinski definition) is 8. The molecule has 8 N–H and O–H groups in total. The number of nitrogens with two attached hydrogens (primary N) is 4. The Hall–Kier alpha value is -5.76. The molecule has 2 aliphatic rings. The topological polar surface area (TPSA) is 141 Å². The van der Waals surface area contributed by atoms with Gasteiger partial charge in [-0.15, -0.1) is 0 Å². The largest absolute Gasteiger partial charge is 0.465 e. The quantitative estimate of drug-likeness (QED) is 0.110. The van der Waals surface area contributed by atoms with E-state index in [2.05, 4.69) is 0 Å². The van der Waals surface area contributed by atoms with Crippen LogP contribution >= 0.6 is 0 Å². The highest BCUT2D eigenvalue weighted by Crippen LogP contribution is 2.30. The van der Waals surface area contributed by atoms with Crippen molar-refractivity contribution in [3.63, 3.8) is 0 Å². The highest BCUT2D eigenvalue weighted by molar-refractivity contribution is 5.44. The molecule has 0 bridgehead atoms. The van der Waals surface area contributed by atoms with E-state index >= 15 is 0 Å². The Bertz CT molecular complexity index is 1440. The predicted octanol–water partition coefficient (Wildman–Crippen LogP) is 9.30. The van der Waals surface area contributed by atoms with Gasteiger partial charge in [-0.3, -0.25) is 0 Å². The lowest BCUT2D eigenvalue weighted by Gasteiger charge is -2.17. The van der Waals surface area contributed by atoms with Gasteiger partial charge in [0.25, 0.3) is 0 Å². The molecule has 4 aromatic carbocycles. The molecule has 8 heteroatoms. The third-order valence-electron chi connectivity index (χ3n) is 8.04. The smallest absolute Gasteiger partial charge is 0.126 e. The molecule has 4 aromatic rings. The van der Waals surface area contributed by atoms with Crippen molar-refractivity contribution in [3.8, 4) is 23.0 Å². The number of allylic oxidation sites excluding steroid dienone is 4. The SMILES string of the molecule is Nc1ccc(OC=C2CCC(=COc3ccc(N)cc3)CC2)cc1.Nc1ccc(OC=C2CCC(=COc3ccc(N)cc3)CC2)cc1. The molecule has 248 valence electrons. The van der Waals surface area contributed by atoms with Crippen LogP contribution in [-0.2, 0) is 0 Å². The molecule has 2 fully saturated rings. The van der Waals surface area contributed by atoms with Crippen LogP contribution in [0.15, 0.2) is 144 Å². The Morgan fingerprint density at radius 1 is 0.292 bits per heavy atom. The van der Waals surface area contributed by atoms with Crippen LogP contribution in [0, 0.1) is 0 Å². The second-order valence-corrected chi connectivity index (χ2v) is 11.9. The molecule has 0 amide bonds. The summed E-state index contributed by atoms with van der Waals surface area (Å²) < 4.78 is 22.8. The highest BCUT2D eigenvalue weighted by Gasteiger charge is 2.12. The van der Waals surface area contributed by atoms with E-state index in [-0.39, 0.29) is 0 Å². The summed E-state index contributed by atoms with van der Waals surface area (Å²) in [6, 6.07) is 29.7. The van der Waals surface area contributed by atoms with Crippen molar-refractivity contribution in [2.24, 2.45) is 0 Å². The number of rotatable bonds is 8. The fraction of sp³-hybridized carbons (Fsp3) is 0.200. The van der Waals surface area contributed by atoms with Crippen molar-refractivity contribution in [2.75, 3.05) is 22.9 Å². The van der Waals surface area contributed by atoms with E-state index in [0.29, 0.717) is 0 Å². The van der Waals surface area contributed by atoms with E-state index in [1.165, 1.54) is 22.3 Å². The summed E-state index contributed by atoms with van der Waals surface area (Å²) in [5.74, 6) is 3.24. The first-order chi connectivity index (χ1) is 23.4. The Morgan fingerprint density at radius 2 is 0.458 bits per heavy atom. The Labute approximate surface area is 282 Å². The molecular weight excluding hydrogens is 600 g/mol. The maximum absolute atomic E-state index is 5.70. The Balaban J connectivity index is 0.000000188. The molecule has 0 radical (unpaired) electrons. The standard InChI is InChI=1S/2C20H22N2O2/c2*21-17-5-9-19(10-6-17)23-13-15-1-2-16(4-3-15)14-24-20-11-7-18(22)8-12-20/h2*5-14H,1-4,21-22H2. The van der Waals surface area contributed by atoms with E-state index < -0.39 is 0 Å². The molecule has 0 spiro atoms. The van der Waals surface area contributed by atoms with E-state index in [1.807, 2.05) is 122 Å². The van der Waals surface area contributed by atoms with Gasteiger partial charge >= 0.3 is 0 Å². The maximum Gasteiger partial charge on any atom is 0.126 e. The monoisotopic (exact) mass is 644 g/mol. The molecule has 8 nitrogen and oxygen atoms in total. The lowest BCUT2D eigenvalue weighted by Crippen LogP contribution is -2.01. The third kappa shape index (κ3) is 11.2. The van der Waals surface area contributed by atoms with Crippen molar-refractivity contribution in [1.29, 1.82) is 0 Å². The van der Waals surface area contributed by atoms with E-state index in [1.54, 1.807) is 0 Å². The number of anilines is 4.